The number of carbonyl (C=O) groups excluding carboxylic acids is 2. The van der Waals surface area contributed by atoms with E-state index in [0.717, 1.165) is 5.56 Å². The van der Waals surface area contributed by atoms with E-state index in [4.69, 9.17) is 5.73 Å². The van der Waals surface area contributed by atoms with Gasteiger partial charge in [0.2, 0.25) is 0 Å². The van der Waals surface area contributed by atoms with E-state index in [0.29, 0.717) is 28.1 Å². The van der Waals surface area contributed by atoms with Gasteiger partial charge in [0.1, 0.15) is 0 Å². The highest BCUT2D eigenvalue weighted by Crippen LogP contribution is 2.38. The number of nitrogens with one attached hydrogen (secondary N) is 1. The van der Waals surface area contributed by atoms with E-state index in [-0.39, 0.29) is 17.3 Å². The van der Waals surface area contributed by atoms with Crippen LogP contribution < -0.4 is 11.1 Å². The lowest BCUT2D eigenvalue weighted by atomic mass is 9.84. The van der Waals surface area contributed by atoms with Crippen LogP contribution in [0.15, 0.2) is 65.7 Å². The first-order valence-corrected chi connectivity index (χ1v) is 6.93. The second-order valence-corrected chi connectivity index (χ2v) is 5.23. The molecule has 0 bridgehead atoms. The number of amides is 1. The molecule has 0 radical (unpaired) electrons. The SMILES string of the molecule is NC1=C2C(=O)NC(c3ccccc3)=C2C(=O)c2ccccc21. The van der Waals surface area contributed by atoms with Crippen molar-refractivity contribution in [2.45, 2.75) is 0 Å². The third kappa shape index (κ3) is 1.58. The zero-order chi connectivity index (χ0) is 15.3. The number of nitrogens with two attached hydrogens (primary N) is 1. The van der Waals surface area contributed by atoms with E-state index in [1.54, 1.807) is 24.3 Å². The molecule has 3 N–H and O–H groups in total. The highest BCUT2D eigenvalue weighted by atomic mass is 16.2. The van der Waals surface area contributed by atoms with Crippen molar-refractivity contribution in [1.82, 2.24) is 5.32 Å². The lowest BCUT2D eigenvalue weighted by Crippen LogP contribution is -2.22. The minimum absolute atomic E-state index is 0.169. The van der Waals surface area contributed by atoms with Gasteiger partial charge < -0.3 is 11.1 Å². The molecule has 0 saturated heterocycles. The average Bonchev–Trinajstić information content (AvgIpc) is 2.91. The van der Waals surface area contributed by atoms with Crippen LogP contribution in [0.3, 0.4) is 0 Å². The van der Waals surface area contributed by atoms with Crippen molar-refractivity contribution >= 4 is 23.1 Å². The number of hydrogen-bond acceptors (Lipinski definition) is 3. The lowest BCUT2D eigenvalue weighted by Gasteiger charge is -2.18. The third-order valence-electron chi connectivity index (χ3n) is 3.99. The van der Waals surface area contributed by atoms with E-state index < -0.39 is 0 Å². The Labute approximate surface area is 127 Å². The predicted octanol–water partition coefficient (Wildman–Crippen LogP) is 2.09. The summed E-state index contributed by atoms with van der Waals surface area (Å²) in [4.78, 5) is 25.1. The van der Waals surface area contributed by atoms with Crippen molar-refractivity contribution in [2.24, 2.45) is 5.73 Å². The maximum atomic E-state index is 12.8. The number of benzene rings is 2. The molecule has 0 unspecified atom stereocenters. The Balaban J connectivity index is 2.04. The Morgan fingerprint density at radius 1 is 0.773 bits per heavy atom. The van der Waals surface area contributed by atoms with Gasteiger partial charge in [-0.2, -0.15) is 0 Å². The molecule has 0 fully saturated rings. The van der Waals surface area contributed by atoms with Gasteiger partial charge in [0.05, 0.1) is 22.5 Å². The van der Waals surface area contributed by atoms with E-state index in [1.807, 2.05) is 30.3 Å². The van der Waals surface area contributed by atoms with Gasteiger partial charge >= 0.3 is 0 Å². The summed E-state index contributed by atoms with van der Waals surface area (Å²) in [5.41, 5.74) is 9.64. The van der Waals surface area contributed by atoms with Crippen LogP contribution in [0.25, 0.3) is 11.4 Å². The first-order valence-electron chi connectivity index (χ1n) is 6.93. The summed E-state index contributed by atoms with van der Waals surface area (Å²) in [5, 5.41) is 2.79. The summed E-state index contributed by atoms with van der Waals surface area (Å²) in [5.74, 6) is -0.494. The number of hydrogen-bond donors (Lipinski definition) is 2. The van der Waals surface area contributed by atoms with Crippen molar-refractivity contribution in [3.63, 3.8) is 0 Å². The van der Waals surface area contributed by atoms with Crippen LogP contribution in [0.1, 0.15) is 21.5 Å². The molecule has 1 heterocycles. The van der Waals surface area contributed by atoms with Crippen LogP contribution in [0.5, 0.6) is 0 Å². The number of rotatable bonds is 1. The van der Waals surface area contributed by atoms with Gasteiger partial charge in [-0.05, 0) is 5.56 Å². The highest BCUT2D eigenvalue weighted by molar-refractivity contribution is 6.32. The van der Waals surface area contributed by atoms with Crippen LogP contribution in [-0.4, -0.2) is 11.7 Å². The third-order valence-corrected chi connectivity index (χ3v) is 3.99. The summed E-state index contributed by atoms with van der Waals surface area (Å²) in [7, 11) is 0. The number of fused-ring (bicyclic) bond motifs is 2. The monoisotopic (exact) mass is 288 g/mol. The zero-order valence-electron chi connectivity index (χ0n) is 11.6. The molecule has 1 aliphatic carbocycles. The fourth-order valence-corrected chi connectivity index (χ4v) is 2.97. The molecule has 4 nitrogen and oxygen atoms in total. The van der Waals surface area contributed by atoms with Gasteiger partial charge in [-0.15, -0.1) is 0 Å². The van der Waals surface area contributed by atoms with Gasteiger partial charge in [-0.25, -0.2) is 0 Å². The number of ketones is 1. The summed E-state index contributed by atoms with van der Waals surface area (Å²) >= 11 is 0. The molecular weight excluding hydrogens is 276 g/mol. The first-order chi connectivity index (χ1) is 10.7. The Morgan fingerprint density at radius 3 is 2.14 bits per heavy atom. The lowest BCUT2D eigenvalue weighted by molar-refractivity contribution is -0.115. The fourth-order valence-electron chi connectivity index (χ4n) is 2.97. The van der Waals surface area contributed by atoms with E-state index in [1.165, 1.54) is 0 Å². The largest absolute Gasteiger partial charge is 0.398 e. The molecule has 2 aliphatic rings. The van der Waals surface area contributed by atoms with Crippen molar-refractivity contribution < 1.29 is 9.59 Å². The van der Waals surface area contributed by atoms with Crippen LogP contribution >= 0.6 is 0 Å². The van der Waals surface area contributed by atoms with Crippen molar-refractivity contribution in [2.75, 3.05) is 0 Å². The minimum Gasteiger partial charge on any atom is -0.398 e. The molecule has 4 heteroatoms. The first kappa shape index (κ1) is 12.6. The molecule has 0 saturated carbocycles. The van der Waals surface area contributed by atoms with Gasteiger partial charge in [-0.1, -0.05) is 54.6 Å². The molecule has 22 heavy (non-hydrogen) atoms. The van der Waals surface area contributed by atoms with E-state index in [9.17, 15) is 9.59 Å². The fraction of sp³-hybridized carbons (Fsp3) is 0. The van der Waals surface area contributed by atoms with E-state index in [2.05, 4.69) is 5.32 Å². The smallest absolute Gasteiger partial charge is 0.258 e. The molecule has 2 aromatic carbocycles. The molecular formula is C18H12N2O2. The quantitative estimate of drug-likeness (QED) is 0.844. The second kappa shape index (κ2) is 4.43. The maximum Gasteiger partial charge on any atom is 0.258 e. The molecule has 106 valence electrons. The normalized spacial score (nSPS) is 16.5. The molecule has 0 atom stereocenters. The topological polar surface area (TPSA) is 72.2 Å². The molecule has 1 aliphatic heterocycles. The van der Waals surface area contributed by atoms with Crippen molar-refractivity contribution in [1.29, 1.82) is 0 Å². The highest BCUT2D eigenvalue weighted by Gasteiger charge is 2.39. The molecule has 0 spiro atoms. The van der Waals surface area contributed by atoms with Gasteiger partial charge in [0, 0.05) is 11.1 Å². The van der Waals surface area contributed by atoms with Crippen molar-refractivity contribution in [3.05, 3.63) is 82.4 Å². The van der Waals surface area contributed by atoms with Crippen LogP contribution in [0, 0.1) is 0 Å². The van der Waals surface area contributed by atoms with Gasteiger partial charge in [0.25, 0.3) is 5.91 Å². The van der Waals surface area contributed by atoms with Crippen LogP contribution in [0.2, 0.25) is 0 Å². The maximum absolute atomic E-state index is 12.8. The Morgan fingerprint density at radius 2 is 1.41 bits per heavy atom. The molecule has 1 amide bonds. The second-order valence-electron chi connectivity index (χ2n) is 5.23. The molecule has 4 rings (SSSR count). The van der Waals surface area contributed by atoms with Gasteiger partial charge in [0.15, 0.2) is 5.78 Å². The van der Waals surface area contributed by atoms with Crippen LogP contribution in [0.4, 0.5) is 0 Å². The summed E-state index contributed by atoms with van der Waals surface area (Å²) in [6, 6.07) is 16.4. The number of Topliss-reactive ketones (excluding diaryl/α,β-unsaturated/α-hetero) is 1. The predicted molar refractivity (Wildman–Crippen MR) is 83.4 cm³/mol. The standard InChI is InChI=1S/C18H12N2O2/c19-15-11-8-4-5-9-12(11)17(21)14-13(15)18(22)20-16(14)10-6-2-1-3-7-10/h1-9H,19H2,(H,20,22). The minimum atomic E-state index is -0.325. The number of carbonyl (C=O) groups is 2. The van der Waals surface area contributed by atoms with E-state index >= 15 is 0 Å². The zero-order valence-corrected chi connectivity index (χ0v) is 11.6. The Kier molecular flexibility index (Phi) is 2.53. The molecule has 2 aromatic rings. The van der Waals surface area contributed by atoms with Crippen molar-refractivity contribution in [3.8, 4) is 0 Å². The summed E-state index contributed by atoms with van der Waals surface area (Å²) in [6.45, 7) is 0. The Bertz CT molecular complexity index is 892. The summed E-state index contributed by atoms with van der Waals surface area (Å²) in [6.07, 6.45) is 0. The molecule has 0 aromatic heterocycles. The summed E-state index contributed by atoms with van der Waals surface area (Å²) < 4.78 is 0. The Hall–Kier alpha value is -3.14. The van der Waals surface area contributed by atoms with Gasteiger partial charge in [-0.3, -0.25) is 9.59 Å². The average molecular weight is 288 g/mol. The van der Waals surface area contributed by atoms with Crippen LogP contribution in [-0.2, 0) is 4.79 Å².